The van der Waals surface area contributed by atoms with Crippen molar-refractivity contribution >= 4 is 21.7 Å². The van der Waals surface area contributed by atoms with Crippen LogP contribution in [0.1, 0.15) is 30.0 Å². The van der Waals surface area contributed by atoms with E-state index in [4.69, 9.17) is 4.42 Å². The number of aromatic nitrogens is 1. The Hall–Kier alpha value is -1.29. The maximum absolute atomic E-state index is 5.52. The highest BCUT2D eigenvalue weighted by molar-refractivity contribution is 9.10. The molecule has 0 fully saturated rings. The van der Waals surface area contributed by atoms with Crippen LogP contribution in [0, 0.1) is 13.8 Å². The number of nitrogens with one attached hydrogen (secondary N) is 1. The lowest BCUT2D eigenvalue weighted by molar-refractivity contribution is 0.500. The van der Waals surface area contributed by atoms with Crippen molar-refractivity contribution < 1.29 is 4.42 Å². The molecule has 0 bridgehead atoms. The summed E-state index contributed by atoms with van der Waals surface area (Å²) >= 11 is 3.37. The Kier molecular flexibility index (Phi) is 3.52. The topological polar surface area (TPSA) is 38.1 Å². The van der Waals surface area contributed by atoms with Gasteiger partial charge >= 0.3 is 0 Å². The summed E-state index contributed by atoms with van der Waals surface area (Å²) in [4.78, 5) is 4.29. The van der Waals surface area contributed by atoms with Crippen molar-refractivity contribution in [2.45, 2.75) is 26.8 Å². The first kappa shape index (κ1) is 12.2. The molecule has 0 aromatic carbocycles. The molecule has 0 radical (unpaired) electrons. The van der Waals surface area contributed by atoms with E-state index in [1.54, 1.807) is 6.20 Å². The number of rotatable bonds is 3. The third-order valence-electron chi connectivity index (χ3n) is 2.64. The van der Waals surface area contributed by atoms with Crippen LogP contribution in [0.5, 0.6) is 0 Å². The van der Waals surface area contributed by atoms with Gasteiger partial charge in [0.25, 0.3) is 0 Å². The predicted molar refractivity (Wildman–Crippen MR) is 72.2 cm³/mol. The molecule has 0 amide bonds. The van der Waals surface area contributed by atoms with E-state index in [0.29, 0.717) is 0 Å². The molecule has 3 nitrogen and oxygen atoms in total. The Bertz CT molecular complexity index is 505. The monoisotopic (exact) mass is 294 g/mol. The van der Waals surface area contributed by atoms with Gasteiger partial charge in [-0.15, -0.1) is 0 Å². The van der Waals surface area contributed by atoms with Gasteiger partial charge in [-0.2, -0.15) is 0 Å². The molecule has 1 atom stereocenters. The number of nitrogens with zero attached hydrogens (tertiary/aromatic N) is 1. The highest BCUT2D eigenvalue weighted by Gasteiger charge is 2.12. The van der Waals surface area contributed by atoms with Crippen LogP contribution in [-0.4, -0.2) is 4.98 Å². The second-order valence-electron chi connectivity index (χ2n) is 4.10. The number of furan rings is 1. The molecule has 2 heterocycles. The minimum absolute atomic E-state index is 0.182. The zero-order valence-electron chi connectivity index (χ0n) is 10.1. The summed E-state index contributed by atoms with van der Waals surface area (Å²) in [7, 11) is 0. The van der Waals surface area contributed by atoms with E-state index < -0.39 is 0 Å². The molecule has 2 rings (SSSR count). The first-order valence-corrected chi connectivity index (χ1v) is 6.30. The van der Waals surface area contributed by atoms with Crippen LogP contribution in [0.3, 0.4) is 0 Å². The second kappa shape index (κ2) is 4.92. The standard InChI is InChI=1S/C13H15BrN2O/c1-8-6-12(10(3)17-8)9(2)16-13-5-4-11(14)7-15-13/h4-7,9H,1-3H3,(H,15,16). The summed E-state index contributed by atoms with van der Waals surface area (Å²) in [6.07, 6.45) is 1.78. The van der Waals surface area contributed by atoms with Crippen molar-refractivity contribution in [2.75, 3.05) is 5.32 Å². The fraction of sp³-hybridized carbons (Fsp3) is 0.308. The molecule has 17 heavy (non-hydrogen) atoms. The molecule has 4 heteroatoms. The molecule has 2 aromatic rings. The maximum atomic E-state index is 5.52. The average Bonchev–Trinajstić information content (AvgIpc) is 2.61. The van der Waals surface area contributed by atoms with Crippen molar-refractivity contribution in [3.63, 3.8) is 0 Å². The van der Waals surface area contributed by atoms with Crippen LogP contribution in [0.25, 0.3) is 0 Å². The lowest BCUT2D eigenvalue weighted by atomic mass is 10.1. The third-order valence-corrected chi connectivity index (χ3v) is 3.11. The van der Waals surface area contributed by atoms with Crippen molar-refractivity contribution in [1.82, 2.24) is 4.98 Å². The highest BCUT2D eigenvalue weighted by atomic mass is 79.9. The van der Waals surface area contributed by atoms with E-state index in [1.807, 2.05) is 26.0 Å². The zero-order valence-corrected chi connectivity index (χ0v) is 11.7. The van der Waals surface area contributed by atoms with E-state index >= 15 is 0 Å². The zero-order chi connectivity index (χ0) is 12.4. The SMILES string of the molecule is Cc1cc(C(C)Nc2ccc(Br)cn2)c(C)o1. The van der Waals surface area contributed by atoms with Crippen LogP contribution < -0.4 is 5.32 Å². The van der Waals surface area contributed by atoms with Crippen molar-refractivity contribution in [3.05, 3.63) is 46.0 Å². The van der Waals surface area contributed by atoms with Gasteiger partial charge in [0.15, 0.2) is 0 Å². The number of hydrogen-bond donors (Lipinski definition) is 1. The molecule has 0 saturated carbocycles. The molecule has 2 aromatic heterocycles. The lowest BCUT2D eigenvalue weighted by Crippen LogP contribution is -2.07. The molecular weight excluding hydrogens is 280 g/mol. The first-order chi connectivity index (χ1) is 8.06. The number of anilines is 1. The van der Waals surface area contributed by atoms with E-state index in [1.165, 1.54) is 5.56 Å². The molecule has 0 aliphatic heterocycles. The van der Waals surface area contributed by atoms with Gasteiger partial charge in [0, 0.05) is 16.2 Å². The summed E-state index contributed by atoms with van der Waals surface area (Å²) in [6, 6.07) is 6.16. The van der Waals surface area contributed by atoms with Gasteiger partial charge in [-0.1, -0.05) is 0 Å². The Balaban J connectivity index is 2.14. The third kappa shape index (κ3) is 2.88. The summed E-state index contributed by atoms with van der Waals surface area (Å²) < 4.78 is 6.50. The molecule has 1 unspecified atom stereocenters. The van der Waals surface area contributed by atoms with E-state index in [0.717, 1.165) is 21.8 Å². The summed E-state index contributed by atoms with van der Waals surface area (Å²) in [6.45, 7) is 6.04. The largest absolute Gasteiger partial charge is 0.466 e. The normalized spacial score (nSPS) is 12.5. The van der Waals surface area contributed by atoms with Gasteiger partial charge in [0.1, 0.15) is 17.3 Å². The van der Waals surface area contributed by atoms with Gasteiger partial charge in [0.05, 0.1) is 6.04 Å². The van der Waals surface area contributed by atoms with Crippen LogP contribution in [0.2, 0.25) is 0 Å². The summed E-state index contributed by atoms with van der Waals surface area (Å²) in [5.74, 6) is 2.76. The minimum Gasteiger partial charge on any atom is -0.466 e. The fourth-order valence-corrected chi connectivity index (χ4v) is 2.08. The van der Waals surface area contributed by atoms with E-state index in [-0.39, 0.29) is 6.04 Å². The number of hydrogen-bond acceptors (Lipinski definition) is 3. The van der Waals surface area contributed by atoms with E-state index in [2.05, 4.69) is 39.2 Å². The highest BCUT2D eigenvalue weighted by Crippen LogP contribution is 2.24. The average molecular weight is 295 g/mol. The smallest absolute Gasteiger partial charge is 0.126 e. The van der Waals surface area contributed by atoms with Crippen LogP contribution in [-0.2, 0) is 0 Å². The molecule has 0 aliphatic carbocycles. The van der Waals surface area contributed by atoms with Crippen LogP contribution >= 0.6 is 15.9 Å². The van der Waals surface area contributed by atoms with Gasteiger partial charge in [-0.05, 0) is 54.9 Å². The minimum atomic E-state index is 0.182. The Labute approximate surface area is 109 Å². The second-order valence-corrected chi connectivity index (χ2v) is 5.01. The van der Waals surface area contributed by atoms with Crippen LogP contribution in [0.4, 0.5) is 5.82 Å². The van der Waals surface area contributed by atoms with E-state index in [9.17, 15) is 0 Å². The number of aryl methyl sites for hydroxylation is 2. The quantitative estimate of drug-likeness (QED) is 0.921. The lowest BCUT2D eigenvalue weighted by Gasteiger charge is -2.13. The fourth-order valence-electron chi connectivity index (χ4n) is 1.84. The van der Waals surface area contributed by atoms with Crippen molar-refractivity contribution in [3.8, 4) is 0 Å². The van der Waals surface area contributed by atoms with Gasteiger partial charge < -0.3 is 9.73 Å². The molecule has 90 valence electrons. The molecule has 1 N–H and O–H groups in total. The van der Waals surface area contributed by atoms with Gasteiger partial charge in [-0.3, -0.25) is 0 Å². The van der Waals surface area contributed by atoms with Crippen LogP contribution in [0.15, 0.2) is 33.3 Å². The van der Waals surface area contributed by atoms with Crippen molar-refractivity contribution in [1.29, 1.82) is 0 Å². The number of pyridine rings is 1. The molecular formula is C13H15BrN2O. The van der Waals surface area contributed by atoms with Gasteiger partial charge in [-0.25, -0.2) is 4.98 Å². The van der Waals surface area contributed by atoms with Gasteiger partial charge in [0.2, 0.25) is 0 Å². The first-order valence-electron chi connectivity index (χ1n) is 5.51. The predicted octanol–water partition coefficient (Wildman–Crippen LogP) is 4.23. The Morgan fingerprint density at radius 1 is 1.35 bits per heavy atom. The Morgan fingerprint density at radius 3 is 2.65 bits per heavy atom. The van der Waals surface area contributed by atoms with Crippen molar-refractivity contribution in [2.24, 2.45) is 0 Å². The number of halogens is 1. The molecule has 0 spiro atoms. The molecule has 0 saturated heterocycles. The molecule has 0 aliphatic rings. The Morgan fingerprint density at radius 2 is 2.12 bits per heavy atom. The summed E-state index contributed by atoms with van der Waals surface area (Å²) in [5.41, 5.74) is 1.17. The maximum Gasteiger partial charge on any atom is 0.126 e. The summed E-state index contributed by atoms with van der Waals surface area (Å²) in [5, 5.41) is 3.35.